The molecule has 0 aliphatic carbocycles. The van der Waals surface area contributed by atoms with Crippen LogP contribution in [0.25, 0.3) is 10.9 Å². The summed E-state index contributed by atoms with van der Waals surface area (Å²) in [6.45, 7) is -0.0636. The first-order chi connectivity index (χ1) is 7.24. The molecule has 0 aliphatic heterocycles. The van der Waals surface area contributed by atoms with Crippen molar-refractivity contribution in [2.75, 3.05) is 7.11 Å². The smallest absolute Gasteiger partial charge is 0.130 e. The lowest BCUT2D eigenvalue weighted by Gasteiger charge is -2.06. The van der Waals surface area contributed by atoms with E-state index in [0.717, 1.165) is 22.2 Å². The van der Waals surface area contributed by atoms with E-state index in [1.807, 2.05) is 18.2 Å². The largest absolute Gasteiger partial charge is 0.497 e. The highest BCUT2D eigenvalue weighted by Gasteiger charge is 2.05. The molecule has 1 aromatic carbocycles. The van der Waals surface area contributed by atoms with Crippen LogP contribution in [0.4, 0.5) is 0 Å². The summed E-state index contributed by atoms with van der Waals surface area (Å²) in [5.74, 6) is 0.737. The monoisotopic (exact) mass is 223 g/mol. The minimum atomic E-state index is -0.0636. The number of ether oxygens (including phenoxy) is 1. The number of methoxy groups -OCH3 is 1. The van der Waals surface area contributed by atoms with Crippen LogP contribution in [0.3, 0.4) is 0 Å². The highest BCUT2D eigenvalue weighted by atomic mass is 35.5. The van der Waals surface area contributed by atoms with Gasteiger partial charge in [-0.15, -0.1) is 0 Å². The summed E-state index contributed by atoms with van der Waals surface area (Å²) in [5.41, 5.74) is 1.51. The zero-order valence-electron chi connectivity index (χ0n) is 8.20. The van der Waals surface area contributed by atoms with Gasteiger partial charge in [0, 0.05) is 5.39 Å². The van der Waals surface area contributed by atoms with E-state index in [2.05, 4.69) is 4.98 Å². The zero-order chi connectivity index (χ0) is 10.8. The molecule has 2 aromatic rings. The van der Waals surface area contributed by atoms with E-state index in [4.69, 9.17) is 16.3 Å². The van der Waals surface area contributed by atoms with Gasteiger partial charge in [0.15, 0.2) is 0 Å². The summed E-state index contributed by atoms with van der Waals surface area (Å²) in [6.07, 6.45) is 0. The SMILES string of the molecule is COc1ccc2nc(Cl)cc(CO)c2c1. The van der Waals surface area contributed by atoms with Gasteiger partial charge in [0.25, 0.3) is 0 Å². The summed E-state index contributed by atoms with van der Waals surface area (Å²) >= 11 is 5.82. The van der Waals surface area contributed by atoms with Crippen molar-refractivity contribution in [2.24, 2.45) is 0 Å². The number of aliphatic hydroxyl groups is 1. The number of pyridine rings is 1. The summed E-state index contributed by atoms with van der Waals surface area (Å²) in [4.78, 5) is 4.16. The number of benzene rings is 1. The molecule has 0 fully saturated rings. The number of aromatic nitrogens is 1. The first kappa shape index (κ1) is 10.2. The number of aliphatic hydroxyl groups excluding tert-OH is 1. The van der Waals surface area contributed by atoms with Gasteiger partial charge >= 0.3 is 0 Å². The Morgan fingerprint density at radius 3 is 2.87 bits per heavy atom. The van der Waals surface area contributed by atoms with Crippen molar-refractivity contribution in [1.82, 2.24) is 4.98 Å². The predicted octanol–water partition coefficient (Wildman–Crippen LogP) is 2.39. The number of nitrogens with zero attached hydrogens (tertiary/aromatic N) is 1. The van der Waals surface area contributed by atoms with Crippen molar-refractivity contribution in [3.05, 3.63) is 35.0 Å². The van der Waals surface area contributed by atoms with Gasteiger partial charge in [0.1, 0.15) is 10.9 Å². The van der Waals surface area contributed by atoms with E-state index in [1.54, 1.807) is 13.2 Å². The van der Waals surface area contributed by atoms with Crippen LogP contribution in [0.5, 0.6) is 5.75 Å². The fourth-order valence-corrected chi connectivity index (χ4v) is 1.72. The van der Waals surface area contributed by atoms with Crippen LogP contribution in [0.1, 0.15) is 5.56 Å². The maximum Gasteiger partial charge on any atom is 0.130 e. The summed E-state index contributed by atoms with van der Waals surface area (Å²) < 4.78 is 5.11. The van der Waals surface area contributed by atoms with Gasteiger partial charge < -0.3 is 9.84 Å². The molecule has 0 saturated carbocycles. The van der Waals surface area contributed by atoms with Crippen molar-refractivity contribution >= 4 is 22.5 Å². The van der Waals surface area contributed by atoms with E-state index in [9.17, 15) is 5.11 Å². The van der Waals surface area contributed by atoms with Crippen LogP contribution in [0, 0.1) is 0 Å². The molecular weight excluding hydrogens is 214 g/mol. The second-order valence-corrected chi connectivity index (χ2v) is 3.53. The molecule has 0 amide bonds. The lowest BCUT2D eigenvalue weighted by Crippen LogP contribution is -1.91. The predicted molar refractivity (Wildman–Crippen MR) is 59.2 cm³/mol. The normalized spacial score (nSPS) is 10.6. The van der Waals surface area contributed by atoms with Gasteiger partial charge in [-0.2, -0.15) is 0 Å². The first-order valence-electron chi connectivity index (χ1n) is 4.48. The van der Waals surface area contributed by atoms with E-state index in [-0.39, 0.29) is 6.61 Å². The molecule has 0 saturated heterocycles. The zero-order valence-corrected chi connectivity index (χ0v) is 8.95. The second kappa shape index (κ2) is 4.04. The van der Waals surface area contributed by atoms with E-state index < -0.39 is 0 Å². The first-order valence-corrected chi connectivity index (χ1v) is 4.86. The molecule has 15 heavy (non-hydrogen) atoms. The highest BCUT2D eigenvalue weighted by molar-refractivity contribution is 6.29. The molecule has 1 aromatic heterocycles. The molecule has 78 valence electrons. The van der Waals surface area contributed by atoms with Crippen LogP contribution in [-0.2, 0) is 6.61 Å². The molecule has 0 atom stereocenters. The summed E-state index contributed by atoms with van der Waals surface area (Å²) in [7, 11) is 1.60. The van der Waals surface area contributed by atoms with Crippen LogP contribution < -0.4 is 4.74 Å². The van der Waals surface area contributed by atoms with Gasteiger partial charge in [-0.05, 0) is 29.8 Å². The van der Waals surface area contributed by atoms with E-state index >= 15 is 0 Å². The molecule has 0 aliphatic rings. The molecule has 2 rings (SSSR count). The van der Waals surface area contributed by atoms with Gasteiger partial charge in [-0.25, -0.2) is 4.98 Å². The fourth-order valence-electron chi connectivity index (χ4n) is 1.50. The number of fused-ring (bicyclic) bond motifs is 1. The lowest BCUT2D eigenvalue weighted by molar-refractivity contribution is 0.283. The minimum Gasteiger partial charge on any atom is -0.497 e. The molecule has 0 bridgehead atoms. The molecule has 0 unspecified atom stereocenters. The van der Waals surface area contributed by atoms with Crippen LogP contribution in [0.2, 0.25) is 5.15 Å². The Bertz CT molecular complexity index is 499. The third-order valence-corrected chi connectivity index (χ3v) is 2.43. The Labute approximate surface area is 92.3 Å². The summed E-state index contributed by atoms with van der Waals surface area (Å²) in [6, 6.07) is 7.12. The molecule has 1 N–H and O–H groups in total. The molecule has 4 heteroatoms. The Morgan fingerprint density at radius 1 is 1.40 bits per heavy atom. The Morgan fingerprint density at radius 2 is 2.20 bits per heavy atom. The Hall–Kier alpha value is -1.32. The maximum atomic E-state index is 9.20. The summed E-state index contributed by atoms with van der Waals surface area (Å²) in [5, 5.41) is 10.4. The molecule has 0 radical (unpaired) electrons. The van der Waals surface area contributed by atoms with Crippen molar-refractivity contribution in [3.8, 4) is 5.75 Å². The highest BCUT2D eigenvalue weighted by Crippen LogP contribution is 2.25. The number of hydrogen-bond donors (Lipinski definition) is 1. The van der Waals surface area contributed by atoms with Gasteiger partial charge in [-0.1, -0.05) is 11.6 Å². The van der Waals surface area contributed by atoms with Crippen LogP contribution in [-0.4, -0.2) is 17.2 Å². The van der Waals surface area contributed by atoms with Crippen molar-refractivity contribution in [2.45, 2.75) is 6.61 Å². The van der Waals surface area contributed by atoms with Crippen LogP contribution >= 0.6 is 11.6 Å². The second-order valence-electron chi connectivity index (χ2n) is 3.15. The Kier molecular flexibility index (Phi) is 2.75. The molecule has 0 spiro atoms. The molecule has 1 heterocycles. The van der Waals surface area contributed by atoms with E-state index in [1.165, 1.54) is 0 Å². The average molecular weight is 224 g/mol. The Balaban J connectivity index is 2.73. The van der Waals surface area contributed by atoms with Gasteiger partial charge in [0.05, 0.1) is 19.2 Å². The number of hydrogen-bond acceptors (Lipinski definition) is 3. The number of rotatable bonds is 2. The third-order valence-electron chi connectivity index (χ3n) is 2.24. The van der Waals surface area contributed by atoms with Crippen molar-refractivity contribution in [1.29, 1.82) is 0 Å². The van der Waals surface area contributed by atoms with Gasteiger partial charge in [0.2, 0.25) is 0 Å². The molecular formula is C11H10ClNO2. The number of halogens is 1. The van der Waals surface area contributed by atoms with Crippen LogP contribution in [0.15, 0.2) is 24.3 Å². The average Bonchev–Trinajstić information content (AvgIpc) is 2.27. The standard InChI is InChI=1S/C11H10ClNO2/c1-15-8-2-3-10-9(5-8)7(6-14)4-11(12)13-10/h2-5,14H,6H2,1H3. The van der Waals surface area contributed by atoms with E-state index in [0.29, 0.717) is 5.15 Å². The minimum absolute atomic E-state index is 0.0636. The maximum absolute atomic E-state index is 9.20. The molecule has 3 nitrogen and oxygen atoms in total. The van der Waals surface area contributed by atoms with Crippen molar-refractivity contribution in [3.63, 3.8) is 0 Å². The quantitative estimate of drug-likeness (QED) is 0.795. The van der Waals surface area contributed by atoms with Crippen molar-refractivity contribution < 1.29 is 9.84 Å². The van der Waals surface area contributed by atoms with Gasteiger partial charge in [-0.3, -0.25) is 0 Å². The fraction of sp³-hybridized carbons (Fsp3) is 0.182. The lowest BCUT2D eigenvalue weighted by atomic mass is 10.1. The third kappa shape index (κ3) is 1.89. The topological polar surface area (TPSA) is 42.4 Å².